The molecule has 150 valence electrons. The summed E-state index contributed by atoms with van der Waals surface area (Å²) in [7, 11) is 0. The molecular formula is C21H38N2O2S. The SMILES string of the molecule is CCCCCCNC(=O)C1CSC(CC(C)C)N1C(=O)C1CCCCC1. The van der Waals surface area contributed by atoms with Crippen molar-refractivity contribution < 1.29 is 9.59 Å². The molecule has 2 amide bonds. The molecule has 1 N–H and O–H groups in total. The van der Waals surface area contributed by atoms with Gasteiger partial charge >= 0.3 is 0 Å². The maximum atomic E-state index is 13.3. The highest BCUT2D eigenvalue weighted by atomic mass is 32.2. The van der Waals surface area contributed by atoms with Crippen LogP contribution in [0, 0.1) is 11.8 Å². The minimum absolute atomic E-state index is 0.0596. The molecule has 1 saturated carbocycles. The minimum Gasteiger partial charge on any atom is -0.354 e. The Bertz CT molecular complexity index is 449. The number of unbranched alkanes of at least 4 members (excludes halogenated alkanes) is 3. The van der Waals surface area contributed by atoms with E-state index in [9.17, 15) is 9.59 Å². The van der Waals surface area contributed by atoms with Crippen LogP contribution in [0.4, 0.5) is 0 Å². The van der Waals surface area contributed by atoms with Gasteiger partial charge in [0.15, 0.2) is 0 Å². The fourth-order valence-corrected chi connectivity index (χ4v) is 5.74. The van der Waals surface area contributed by atoms with Gasteiger partial charge in [-0.1, -0.05) is 59.3 Å². The van der Waals surface area contributed by atoms with Crippen LogP contribution in [0.5, 0.6) is 0 Å². The van der Waals surface area contributed by atoms with Crippen molar-refractivity contribution in [2.24, 2.45) is 11.8 Å². The van der Waals surface area contributed by atoms with Gasteiger partial charge in [0.25, 0.3) is 0 Å². The smallest absolute Gasteiger partial charge is 0.243 e. The Morgan fingerprint density at radius 2 is 1.85 bits per heavy atom. The fraction of sp³-hybridized carbons (Fsp3) is 0.905. The number of nitrogens with zero attached hydrogens (tertiary/aromatic N) is 1. The molecule has 5 heteroatoms. The Balaban J connectivity index is 1.98. The van der Waals surface area contributed by atoms with E-state index in [4.69, 9.17) is 0 Å². The zero-order valence-corrected chi connectivity index (χ0v) is 17.8. The average molecular weight is 383 g/mol. The first-order valence-electron chi connectivity index (χ1n) is 10.8. The molecule has 1 saturated heterocycles. The molecule has 2 rings (SSSR count). The van der Waals surface area contributed by atoms with E-state index in [1.165, 1.54) is 19.3 Å². The van der Waals surface area contributed by atoms with Gasteiger partial charge in [-0.3, -0.25) is 9.59 Å². The van der Waals surface area contributed by atoms with Crippen molar-refractivity contribution in [3.63, 3.8) is 0 Å². The summed E-state index contributed by atoms with van der Waals surface area (Å²) in [6.07, 6.45) is 11.1. The lowest BCUT2D eigenvalue weighted by Gasteiger charge is -2.34. The Hall–Kier alpha value is -0.710. The van der Waals surface area contributed by atoms with Gasteiger partial charge < -0.3 is 10.2 Å². The zero-order valence-electron chi connectivity index (χ0n) is 17.0. The van der Waals surface area contributed by atoms with Crippen molar-refractivity contribution >= 4 is 23.6 Å². The average Bonchev–Trinajstić information content (AvgIpc) is 3.04. The molecule has 0 spiro atoms. The maximum Gasteiger partial charge on any atom is 0.243 e. The molecule has 0 bridgehead atoms. The third kappa shape index (κ3) is 6.17. The van der Waals surface area contributed by atoms with Crippen LogP contribution in [0.15, 0.2) is 0 Å². The van der Waals surface area contributed by atoms with Crippen molar-refractivity contribution in [2.75, 3.05) is 12.3 Å². The normalized spacial score (nSPS) is 24.2. The van der Waals surface area contributed by atoms with E-state index in [0.29, 0.717) is 5.92 Å². The molecule has 1 aliphatic heterocycles. The molecule has 0 aromatic rings. The number of carbonyl (C=O) groups is 2. The molecule has 26 heavy (non-hydrogen) atoms. The van der Waals surface area contributed by atoms with Crippen molar-refractivity contribution in [1.29, 1.82) is 0 Å². The Morgan fingerprint density at radius 1 is 1.12 bits per heavy atom. The second-order valence-corrected chi connectivity index (χ2v) is 9.58. The lowest BCUT2D eigenvalue weighted by Crippen LogP contribution is -2.52. The molecule has 1 heterocycles. The van der Waals surface area contributed by atoms with Crippen LogP contribution >= 0.6 is 11.8 Å². The summed E-state index contributed by atoms with van der Waals surface area (Å²) in [5, 5.41) is 3.27. The summed E-state index contributed by atoms with van der Waals surface area (Å²) in [6, 6.07) is -0.274. The number of rotatable bonds is 9. The molecule has 0 aromatic carbocycles. The zero-order chi connectivity index (χ0) is 18.9. The van der Waals surface area contributed by atoms with E-state index in [2.05, 4.69) is 26.1 Å². The van der Waals surface area contributed by atoms with Gasteiger partial charge in [0, 0.05) is 18.2 Å². The van der Waals surface area contributed by atoms with Gasteiger partial charge in [-0.05, 0) is 31.6 Å². The molecule has 4 nitrogen and oxygen atoms in total. The van der Waals surface area contributed by atoms with Gasteiger partial charge in [-0.2, -0.15) is 0 Å². The van der Waals surface area contributed by atoms with E-state index in [0.717, 1.165) is 57.2 Å². The Labute approximate surface area is 164 Å². The van der Waals surface area contributed by atoms with E-state index < -0.39 is 0 Å². The van der Waals surface area contributed by atoms with Crippen LogP contribution in [-0.2, 0) is 9.59 Å². The number of hydrogen-bond acceptors (Lipinski definition) is 3. The summed E-state index contributed by atoms with van der Waals surface area (Å²) in [5.74, 6) is 1.72. The van der Waals surface area contributed by atoms with Gasteiger partial charge in [0.1, 0.15) is 6.04 Å². The largest absolute Gasteiger partial charge is 0.354 e. The third-order valence-corrected chi connectivity index (χ3v) is 6.92. The van der Waals surface area contributed by atoms with E-state index >= 15 is 0 Å². The third-order valence-electron chi connectivity index (χ3n) is 5.61. The highest BCUT2D eigenvalue weighted by Crippen LogP contribution is 2.37. The molecule has 0 radical (unpaired) electrons. The first-order chi connectivity index (χ1) is 12.5. The van der Waals surface area contributed by atoms with Crippen molar-refractivity contribution in [2.45, 2.75) is 96.4 Å². The molecule has 2 aliphatic rings. The lowest BCUT2D eigenvalue weighted by atomic mass is 9.87. The predicted octanol–water partition coefficient (Wildman–Crippen LogP) is 4.58. The molecule has 2 fully saturated rings. The van der Waals surface area contributed by atoms with E-state index in [1.54, 1.807) is 11.8 Å². The van der Waals surface area contributed by atoms with E-state index in [-0.39, 0.29) is 29.1 Å². The van der Waals surface area contributed by atoms with Gasteiger partial charge in [0.2, 0.25) is 11.8 Å². The number of carbonyl (C=O) groups excluding carboxylic acids is 2. The topological polar surface area (TPSA) is 49.4 Å². The van der Waals surface area contributed by atoms with Gasteiger partial charge in [-0.15, -0.1) is 11.8 Å². The minimum atomic E-state index is -0.274. The molecule has 0 aromatic heterocycles. The number of thioether (sulfide) groups is 1. The quantitative estimate of drug-likeness (QED) is 0.594. The van der Waals surface area contributed by atoms with Gasteiger partial charge in [0.05, 0.1) is 5.37 Å². The summed E-state index contributed by atoms with van der Waals surface area (Å²) < 4.78 is 0. The highest BCUT2D eigenvalue weighted by molar-refractivity contribution is 8.00. The lowest BCUT2D eigenvalue weighted by molar-refractivity contribution is -0.144. The van der Waals surface area contributed by atoms with Crippen LogP contribution in [0.3, 0.4) is 0 Å². The Morgan fingerprint density at radius 3 is 2.50 bits per heavy atom. The molecular weight excluding hydrogens is 344 g/mol. The van der Waals surface area contributed by atoms with Crippen LogP contribution in [0.2, 0.25) is 0 Å². The van der Waals surface area contributed by atoms with Crippen LogP contribution < -0.4 is 5.32 Å². The van der Waals surface area contributed by atoms with E-state index in [1.807, 2.05) is 4.90 Å². The summed E-state index contributed by atoms with van der Waals surface area (Å²) in [5.41, 5.74) is 0. The molecule has 1 aliphatic carbocycles. The predicted molar refractivity (Wildman–Crippen MR) is 110 cm³/mol. The summed E-state index contributed by atoms with van der Waals surface area (Å²) in [6.45, 7) is 7.33. The Kier molecular flexibility index (Phi) is 9.30. The molecule has 2 unspecified atom stereocenters. The van der Waals surface area contributed by atoms with Crippen LogP contribution in [-0.4, -0.2) is 40.4 Å². The second-order valence-electron chi connectivity index (χ2n) is 8.37. The molecule has 2 atom stereocenters. The van der Waals surface area contributed by atoms with Gasteiger partial charge in [-0.25, -0.2) is 0 Å². The number of nitrogens with one attached hydrogen (secondary N) is 1. The first kappa shape index (κ1) is 21.6. The second kappa shape index (κ2) is 11.2. The highest BCUT2D eigenvalue weighted by Gasteiger charge is 2.43. The summed E-state index contributed by atoms with van der Waals surface area (Å²) >= 11 is 1.80. The monoisotopic (exact) mass is 382 g/mol. The van der Waals surface area contributed by atoms with Crippen molar-refractivity contribution in [1.82, 2.24) is 10.2 Å². The van der Waals surface area contributed by atoms with Crippen molar-refractivity contribution in [3.05, 3.63) is 0 Å². The standard InChI is InChI=1S/C21H38N2O2S/c1-4-5-6-10-13-22-20(24)18-15-26-19(14-16(2)3)23(18)21(25)17-11-8-7-9-12-17/h16-19H,4-15H2,1-3H3,(H,22,24). The van der Waals surface area contributed by atoms with Crippen LogP contribution in [0.25, 0.3) is 0 Å². The summed E-state index contributed by atoms with van der Waals surface area (Å²) in [4.78, 5) is 28.0. The first-order valence-corrected chi connectivity index (χ1v) is 11.8. The van der Waals surface area contributed by atoms with Crippen LogP contribution in [0.1, 0.15) is 85.0 Å². The van der Waals surface area contributed by atoms with Crippen molar-refractivity contribution in [3.8, 4) is 0 Å². The number of amides is 2. The maximum absolute atomic E-state index is 13.3. The fourth-order valence-electron chi connectivity index (χ4n) is 4.09. The number of hydrogen-bond donors (Lipinski definition) is 1.